The van der Waals surface area contributed by atoms with E-state index in [4.69, 9.17) is 15.2 Å². The van der Waals surface area contributed by atoms with Gasteiger partial charge in [0.05, 0.1) is 10.8 Å². The summed E-state index contributed by atoms with van der Waals surface area (Å²) in [5.41, 5.74) is 5.87. The fourth-order valence-electron chi connectivity index (χ4n) is 2.51. The molecular formula is C13H17NO3S. The lowest BCUT2D eigenvalue weighted by Crippen LogP contribution is -2.19. The quantitative estimate of drug-likeness (QED) is 0.881. The minimum Gasteiger partial charge on any atom is -0.486 e. The summed E-state index contributed by atoms with van der Waals surface area (Å²) in [5, 5.41) is 0.183. The number of nitrogens with two attached hydrogens (primary N) is 1. The molecule has 0 saturated heterocycles. The van der Waals surface area contributed by atoms with Gasteiger partial charge in [0.1, 0.15) is 13.2 Å². The Balaban J connectivity index is 1.81. The Morgan fingerprint density at radius 3 is 2.67 bits per heavy atom. The molecule has 2 aliphatic rings. The first-order valence-electron chi connectivity index (χ1n) is 6.30. The lowest BCUT2D eigenvalue weighted by Gasteiger charge is -2.19. The third kappa shape index (κ3) is 2.24. The van der Waals surface area contributed by atoms with Gasteiger partial charge in [0.15, 0.2) is 11.5 Å². The maximum Gasteiger partial charge on any atom is 0.162 e. The van der Waals surface area contributed by atoms with E-state index in [-0.39, 0.29) is 11.3 Å². The average Bonchev–Trinajstić information content (AvgIpc) is 2.84. The van der Waals surface area contributed by atoms with Crippen LogP contribution < -0.4 is 15.2 Å². The monoisotopic (exact) mass is 267 g/mol. The predicted molar refractivity (Wildman–Crippen MR) is 69.5 cm³/mol. The molecular weight excluding hydrogens is 250 g/mol. The van der Waals surface area contributed by atoms with Gasteiger partial charge in [-0.15, -0.1) is 0 Å². The summed E-state index contributed by atoms with van der Waals surface area (Å²) in [6, 6.07) is 5.76. The lowest BCUT2D eigenvalue weighted by atomic mass is 10.3. The number of rotatable bonds is 2. The van der Waals surface area contributed by atoms with Crippen molar-refractivity contribution < 1.29 is 13.7 Å². The van der Waals surface area contributed by atoms with Crippen molar-refractivity contribution in [3.8, 4) is 11.5 Å². The highest BCUT2D eigenvalue weighted by molar-refractivity contribution is 7.85. The summed E-state index contributed by atoms with van der Waals surface area (Å²) in [6.07, 6.45) is 2.77. The van der Waals surface area contributed by atoms with E-state index in [2.05, 4.69) is 0 Å². The Hall–Kier alpha value is -1.07. The van der Waals surface area contributed by atoms with Crippen LogP contribution in [-0.4, -0.2) is 28.7 Å². The van der Waals surface area contributed by atoms with Crippen LogP contribution >= 0.6 is 0 Å². The third-order valence-electron chi connectivity index (χ3n) is 3.47. The summed E-state index contributed by atoms with van der Waals surface area (Å²) >= 11 is 0. The molecule has 98 valence electrons. The highest BCUT2D eigenvalue weighted by Gasteiger charge is 2.28. The third-order valence-corrected chi connectivity index (χ3v) is 5.23. The molecule has 0 aromatic heterocycles. The van der Waals surface area contributed by atoms with Crippen molar-refractivity contribution in [3.63, 3.8) is 0 Å². The van der Waals surface area contributed by atoms with Crippen LogP contribution in [0.2, 0.25) is 0 Å². The molecule has 1 aliphatic carbocycles. The normalized spacial score (nSPS) is 28.1. The average molecular weight is 267 g/mol. The summed E-state index contributed by atoms with van der Waals surface area (Å²) in [7, 11) is -0.993. The molecule has 0 bridgehead atoms. The number of benzene rings is 1. The van der Waals surface area contributed by atoms with Crippen LogP contribution in [-0.2, 0) is 10.8 Å². The van der Waals surface area contributed by atoms with Gasteiger partial charge in [0.25, 0.3) is 0 Å². The molecule has 3 atom stereocenters. The first-order chi connectivity index (χ1) is 8.74. The molecule has 4 nitrogen and oxygen atoms in total. The van der Waals surface area contributed by atoms with E-state index >= 15 is 0 Å². The number of fused-ring (bicyclic) bond motifs is 1. The Labute approximate surface area is 109 Å². The van der Waals surface area contributed by atoms with E-state index in [0.29, 0.717) is 19.0 Å². The van der Waals surface area contributed by atoms with Gasteiger partial charge in [-0.1, -0.05) is 0 Å². The first kappa shape index (κ1) is 12.0. The second-order valence-corrected chi connectivity index (χ2v) is 6.53. The van der Waals surface area contributed by atoms with E-state index in [0.717, 1.165) is 29.9 Å². The SMILES string of the molecule is NC1CCC(S(=O)c2ccc3c(c2)OCCO3)C1. The highest BCUT2D eigenvalue weighted by Crippen LogP contribution is 2.34. The van der Waals surface area contributed by atoms with E-state index in [1.807, 2.05) is 18.2 Å². The van der Waals surface area contributed by atoms with Crippen LogP contribution in [0.4, 0.5) is 0 Å². The maximum atomic E-state index is 12.4. The Kier molecular flexibility index (Phi) is 3.26. The molecule has 1 fully saturated rings. The van der Waals surface area contributed by atoms with E-state index < -0.39 is 10.8 Å². The van der Waals surface area contributed by atoms with Gasteiger partial charge in [-0.05, 0) is 31.4 Å². The van der Waals surface area contributed by atoms with Crippen molar-refractivity contribution in [1.29, 1.82) is 0 Å². The molecule has 5 heteroatoms. The zero-order valence-electron chi connectivity index (χ0n) is 10.1. The molecule has 1 saturated carbocycles. The molecule has 18 heavy (non-hydrogen) atoms. The molecule has 1 aliphatic heterocycles. The van der Waals surface area contributed by atoms with E-state index in [1.165, 1.54) is 0 Å². The van der Waals surface area contributed by atoms with Crippen molar-refractivity contribution in [2.75, 3.05) is 13.2 Å². The minimum absolute atomic E-state index is 0.183. The fourth-order valence-corrected chi connectivity index (χ4v) is 4.09. The van der Waals surface area contributed by atoms with Gasteiger partial charge < -0.3 is 15.2 Å². The second kappa shape index (κ2) is 4.90. The second-order valence-electron chi connectivity index (χ2n) is 4.80. The topological polar surface area (TPSA) is 61.6 Å². The van der Waals surface area contributed by atoms with Crippen LogP contribution in [0.25, 0.3) is 0 Å². The minimum atomic E-state index is -0.993. The van der Waals surface area contributed by atoms with Crippen LogP contribution in [0.3, 0.4) is 0 Å². The van der Waals surface area contributed by atoms with Gasteiger partial charge >= 0.3 is 0 Å². The molecule has 3 unspecified atom stereocenters. The number of ether oxygens (including phenoxy) is 2. The molecule has 0 spiro atoms. The molecule has 0 amide bonds. The molecule has 2 N–H and O–H groups in total. The van der Waals surface area contributed by atoms with Crippen LogP contribution in [0.1, 0.15) is 19.3 Å². The lowest BCUT2D eigenvalue weighted by molar-refractivity contribution is 0.171. The highest BCUT2D eigenvalue weighted by atomic mass is 32.2. The summed E-state index contributed by atoms with van der Waals surface area (Å²) in [6.45, 7) is 1.13. The molecule has 3 rings (SSSR count). The summed E-state index contributed by atoms with van der Waals surface area (Å²) in [4.78, 5) is 0.818. The van der Waals surface area contributed by atoms with Gasteiger partial charge in [-0.25, -0.2) is 0 Å². The fraction of sp³-hybridized carbons (Fsp3) is 0.538. The van der Waals surface area contributed by atoms with Gasteiger partial charge in [-0.2, -0.15) is 0 Å². The zero-order valence-corrected chi connectivity index (χ0v) is 10.9. The van der Waals surface area contributed by atoms with Crippen LogP contribution in [0.5, 0.6) is 11.5 Å². The van der Waals surface area contributed by atoms with E-state index in [1.54, 1.807) is 0 Å². The Morgan fingerprint density at radius 2 is 1.94 bits per heavy atom. The maximum absolute atomic E-state index is 12.4. The molecule has 1 aromatic rings. The molecule has 0 radical (unpaired) electrons. The number of hydrogen-bond donors (Lipinski definition) is 1. The van der Waals surface area contributed by atoms with Gasteiger partial charge in [0.2, 0.25) is 0 Å². The number of hydrogen-bond acceptors (Lipinski definition) is 4. The standard InChI is InChI=1S/C13H17NO3S/c14-9-1-2-10(7-9)18(15)11-3-4-12-13(8-11)17-6-5-16-12/h3-4,8-10H,1-2,5-7,14H2. The Bertz CT molecular complexity index is 477. The molecule has 1 heterocycles. The first-order valence-corrected chi connectivity index (χ1v) is 7.51. The van der Waals surface area contributed by atoms with Crippen molar-refractivity contribution in [1.82, 2.24) is 0 Å². The van der Waals surface area contributed by atoms with Crippen molar-refractivity contribution in [2.24, 2.45) is 5.73 Å². The van der Waals surface area contributed by atoms with E-state index in [9.17, 15) is 4.21 Å². The molecule has 1 aromatic carbocycles. The Morgan fingerprint density at radius 1 is 1.17 bits per heavy atom. The van der Waals surface area contributed by atoms with Gasteiger partial charge in [0, 0.05) is 22.3 Å². The van der Waals surface area contributed by atoms with Crippen LogP contribution in [0, 0.1) is 0 Å². The van der Waals surface area contributed by atoms with Crippen molar-refractivity contribution in [2.45, 2.75) is 35.4 Å². The largest absolute Gasteiger partial charge is 0.486 e. The summed E-state index contributed by atoms with van der Waals surface area (Å²) < 4.78 is 23.4. The smallest absolute Gasteiger partial charge is 0.162 e. The van der Waals surface area contributed by atoms with Gasteiger partial charge in [-0.3, -0.25) is 4.21 Å². The predicted octanol–water partition coefficient (Wildman–Crippen LogP) is 1.45. The van der Waals surface area contributed by atoms with Crippen molar-refractivity contribution >= 4 is 10.8 Å². The van der Waals surface area contributed by atoms with Crippen molar-refractivity contribution in [3.05, 3.63) is 18.2 Å². The van der Waals surface area contributed by atoms with Crippen LogP contribution in [0.15, 0.2) is 23.1 Å². The summed E-state index contributed by atoms with van der Waals surface area (Å²) in [5.74, 6) is 1.44. The zero-order chi connectivity index (χ0) is 12.5.